The minimum absolute atomic E-state index is 0.166. The van der Waals surface area contributed by atoms with Gasteiger partial charge in [0.1, 0.15) is 5.78 Å². The summed E-state index contributed by atoms with van der Waals surface area (Å²) in [5, 5.41) is 0. The third-order valence-corrected chi connectivity index (χ3v) is 6.59. The molecule has 2 heterocycles. The van der Waals surface area contributed by atoms with Crippen LogP contribution in [-0.4, -0.2) is 28.8 Å². The highest BCUT2D eigenvalue weighted by Crippen LogP contribution is 2.37. The number of Topliss-reactive ketones (excluding diaryl/α,β-unsaturated/α-hetero) is 1. The number of nitrogens with zero attached hydrogens (tertiary/aromatic N) is 3. The number of anilines is 1. The number of ketones is 1. The van der Waals surface area contributed by atoms with Crippen molar-refractivity contribution in [2.75, 3.05) is 18.0 Å². The van der Waals surface area contributed by atoms with Gasteiger partial charge in [-0.25, -0.2) is 9.97 Å². The normalized spacial score (nSPS) is 25.1. The third-order valence-electron chi connectivity index (χ3n) is 6.59. The standard InChI is InChI=1S/C22H35N3O/c1-15(2)17-9-11-25(12-10-17)22-23-13-20(14-24-22)18-5-7-19(8-6-18)21(26)16(3)4/h13-19H,5-12H2,1-4H3/t18-,19-. The predicted octanol–water partition coefficient (Wildman–Crippen LogP) is 4.85. The fourth-order valence-electron chi connectivity index (χ4n) is 4.65. The summed E-state index contributed by atoms with van der Waals surface area (Å²) in [7, 11) is 0. The van der Waals surface area contributed by atoms with E-state index in [0.717, 1.165) is 56.6 Å². The maximum atomic E-state index is 12.2. The van der Waals surface area contributed by atoms with E-state index in [1.165, 1.54) is 18.4 Å². The van der Waals surface area contributed by atoms with Crippen molar-refractivity contribution < 1.29 is 4.79 Å². The number of rotatable bonds is 5. The molecule has 144 valence electrons. The van der Waals surface area contributed by atoms with Gasteiger partial charge < -0.3 is 4.90 Å². The molecule has 0 unspecified atom stereocenters. The Bertz CT molecular complexity index is 580. The van der Waals surface area contributed by atoms with E-state index in [1.54, 1.807) is 0 Å². The first-order chi connectivity index (χ1) is 12.5. The number of carbonyl (C=O) groups is 1. The minimum Gasteiger partial charge on any atom is -0.341 e. The van der Waals surface area contributed by atoms with Crippen molar-refractivity contribution in [2.45, 2.75) is 72.1 Å². The second-order valence-corrected chi connectivity index (χ2v) is 8.99. The van der Waals surface area contributed by atoms with E-state index in [0.29, 0.717) is 11.7 Å². The van der Waals surface area contributed by atoms with Crippen molar-refractivity contribution in [3.05, 3.63) is 18.0 Å². The molecular formula is C22H35N3O. The van der Waals surface area contributed by atoms with E-state index in [9.17, 15) is 4.79 Å². The SMILES string of the molecule is CC(C)C(=O)[C@H]1CC[C@H](c2cnc(N3CCC(C(C)C)CC3)nc2)CC1. The molecule has 0 N–H and O–H groups in total. The molecule has 4 heteroatoms. The Morgan fingerprint density at radius 1 is 0.962 bits per heavy atom. The Hall–Kier alpha value is -1.45. The molecular weight excluding hydrogens is 322 g/mol. The van der Waals surface area contributed by atoms with Crippen LogP contribution in [0.5, 0.6) is 0 Å². The predicted molar refractivity (Wildman–Crippen MR) is 106 cm³/mol. The van der Waals surface area contributed by atoms with Crippen molar-refractivity contribution in [1.29, 1.82) is 0 Å². The molecule has 2 fully saturated rings. The summed E-state index contributed by atoms with van der Waals surface area (Å²) in [4.78, 5) is 23.9. The minimum atomic E-state index is 0.166. The average molecular weight is 358 g/mol. The van der Waals surface area contributed by atoms with Gasteiger partial charge in [0.15, 0.2) is 0 Å². The highest BCUT2D eigenvalue weighted by molar-refractivity contribution is 5.82. The van der Waals surface area contributed by atoms with Crippen LogP contribution in [0.25, 0.3) is 0 Å². The van der Waals surface area contributed by atoms with Crippen molar-refractivity contribution in [3.8, 4) is 0 Å². The molecule has 26 heavy (non-hydrogen) atoms. The zero-order valence-corrected chi connectivity index (χ0v) is 16.9. The second kappa shape index (κ2) is 8.49. The lowest BCUT2D eigenvalue weighted by atomic mass is 9.76. The molecule has 1 aromatic rings. The molecule has 0 atom stereocenters. The summed E-state index contributed by atoms with van der Waals surface area (Å²) in [5.41, 5.74) is 1.25. The molecule has 0 radical (unpaired) electrons. The molecule has 0 bridgehead atoms. The largest absolute Gasteiger partial charge is 0.341 e. The Morgan fingerprint density at radius 2 is 1.54 bits per heavy atom. The molecule has 2 aliphatic rings. The summed E-state index contributed by atoms with van der Waals surface area (Å²) >= 11 is 0. The molecule has 0 aromatic carbocycles. The van der Waals surface area contributed by atoms with Gasteiger partial charge in [0, 0.05) is 37.3 Å². The Labute approximate surface area is 158 Å². The van der Waals surface area contributed by atoms with Gasteiger partial charge in [0.05, 0.1) is 0 Å². The van der Waals surface area contributed by atoms with Crippen LogP contribution in [0.4, 0.5) is 5.95 Å². The van der Waals surface area contributed by atoms with Crippen LogP contribution >= 0.6 is 0 Å². The zero-order valence-electron chi connectivity index (χ0n) is 16.9. The van der Waals surface area contributed by atoms with E-state index in [2.05, 4.69) is 28.7 Å². The van der Waals surface area contributed by atoms with Crippen molar-refractivity contribution >= 4 is 11.7 Å². The quantitative estimate of drug-likeness (QED) is 0.756. The topological polar surface area (TPSA) is 46.1 Å². The molecule has 1 saturated heterocycles. The molecule has 1 aliphatic heterocycles. The number of hydrogen-bond acceptors (Lipinski definition) is 4. The van der Waals surface area contributed by atoms with E-state index >= 15 is 0 Å². The average Bonchev–Trinajstić information content (AvgIpc) is 2.67. The van der Waals surface area contributed by atoms with Gasteiger partial charge in [-0.3, -0.25) is 4.79 Å². The molecule has 0 spiro atoms. The van der Waals surface area contributed by atoms with Crippen molar-refractivity contribution in [1.82, 2.24) is 9.97 Å². The Balaban J connectivity index is 1.53. The van der Waals surface area contributed by atoms with Crippen LogP contribution in [0, 0.1) is 23.7 Å². The monoisotopic (exact) mass is 357 g/mol. The molecule has 1 aliphatic carbocycles. The van der Waals surface area contributed by atoms with Crippen LogP contribution in [0.15, 0.2) is 12.4 Å². The van der Waals surface area contributed by atoms with Gasteiger partial charge in [-0.05, 0) is 61.8 Å². The van der Waals surface area contributed by atoms with Gasteiger partial charge in [0.2, 0.25) is 5.95 Å². The second-order valence-electron chi connectivity index (χ2n) is 8.99. The lowest BCUT2D eigenvalue weighted by Crippen LogP contribution is -2.36. The third kappa shape index (κ3) is 4.44. The summed E-state index contributed by atoms with van der Waals surface area (Å²) in [6.07, 6.45) is 10.8. The molecule has 0 amide bonds. The van der Waals surface area contributed by atoms with Crippen molar-refractivity contribution in [2.24, 2.45) is 23.7 Å². The summed E-state index contributed by atoms with van der Waals surface area (Å²) in [6.45, 7) is 10.8. The first-order valence-electron chi connectivity index (χ1n) is 10.6. The molecule has 1 aromatic heterocycles. The fraction of sp³-hybridized carbons (Fsp3) is 0.773. The number of aromatic nitrogens is 2. The maximum absolute atomic E-state index is 12.2. The van der Waals surface area contributed by atoms with Crippen LogP contribution in [0.1, 0.15) is 77.7 Å². The van der Waals surface area contributed by atoms with E-state index in [-0.39, 0.29) is 11.8 Å². The Morgan fingerprint density at radius 3 is 2.04 bits per heavy atom. The van der Waals surface area contributed by atoms with Gasteiger partial charge in [-0.1, -0.05) is 27.7 Å². The van der Waals surface area contributed by atoms with Crippen LogP contribution in [0.2, 0.25) is 0 Å². The van der Waals surface area contributed by atoms with E-state index in [1.807, 2.05) is 26.2 Å². The first-order valence-corrected chi connectivity index (χ1v) is 10.6. The highest BCUT2D eigenvalue weighted by atomic mass is 16.1. The van der Waals surface area contributed by atoms with Gasteiger partial charge >= 0.3 is 0 Å². The summed E-state index contributed by atoms with van der Waals surface area (Å²) in [5.74, 6) is 3.91. The van der Waals surface area contributed by atoms with Crippen LogP contribution < -0.4 is 4.90 Å². The molecule has 3 rings (SSSR count). The zero-order chi connectivity index (χ0) is 18.7. The molecule has 4 nitrogen and oxygen atoms in total. The van der Waals surface area contributed by atoms with Crippen molar-refractivity contribution in [3.63, 3.8) is 0 Å². The van der Waals surface area contributed by atoms with Crippen LogP contribution in [0.3, 0.4) is 0 Å². The van der Waals surface area contributed by atoms with E-state index < -0.39 is 0 Å². The molecule has 1 saturated carbocycles. The Kier molecular flexibility index (Phi) is 6.31. The fourth-order valence-corrected chi connectivity index (χ4v) is 4.65. The van der Waals surface area contributed by atoms with Gasteiger partial charge in [0.25, 0.3) is 0 Å². The lowest BCUT2D eigenvalue weighted by Gasteiger charge is -2.34. The lowest BCUT2D eigenvalue weighted by molar-refractivity contribution is -0.126. The maximum Gasteiger partial charge on any atom is 0.225 e. The van der Waals surface area contributed by atoms with Gasteiger partial charge in [-0.15, -0.1) is 0 Å². The first kappa shape index (κ1) is 19.3. The smallest absolute Gasteiger partial charge is 0.225 e. The number of piperidine rings is 1. The summed E-state index contributed by atoms with van der Waals surface area (Å²) in [6, 6.07) is 0. The number of carbonyl (C=O) groups excluding carboxylic acids is 1. The van der Waals surface area contributed by atoms with E-state index in [4.69, 9.17) is 0 Å². The van der Waals surface area contributed by atoms with Gasteiger partial charge in [-0.2, -0.15) is 0 Å². The highest BCUT2D eigenvalue weighted by Gasteiger charge is 2.29. The van der Waals surface area contributed by atoms with Crippen LogP contribution in [-0.2, 0) is 4.79 Å². The summed E-state index contributed by atoms with van der Waals surface area (Å²) < 4.78 is 0. The number of hydrogen-bond donors (Lipinski definition) is 0.